The first-order chi connectivity index (χ1) is 11.1. The number of benzene rings is 1. The minimum atomic E-state index is -0.720. The number of fused-ring (bicyclic) bond motifs is 1. The first-order valence-corrected chi connectivity index (χ1v) is 6.75. The lowest BCUT2D eigenvalue weighted by Gasteiger charge is -2.09. The molecule has 116 valence electrons. The fourth-order valence-corrected chi connectivity index (χ4v) is 2.21. The number of H-pyrrole nitrogens is 1. The molecule has 0 atom stereocenters. The fraction of sp³-hybridized carbons (Fsp3) is 0.0625. The molecule has 0 spiro atoms. The average Bonchev–Trinajstić information content (AvgIpc) is 2.55. The van der Waals surface area contributed by atoms with E-state index in [1.165, 1.54) is 13.3 Å². The summed E-state index contributed by atoms with van der Waals surface area (Å²) >= 11 is 0. The summed E-state index contributed by atoms with van der Waals surface area (Å²) in [4.78, 5) is 30.8. The number of ether oxygens (including phenoxy) is 1. The third kappa shape index (κ3) is 2.71. The van der Waals surface area contributed by atoms with Gasteiger partial charge in [0.15, 0.2) is 0 Å². The van der Waals surface area contributed by atoms with Crippen molar-refractivity contribution in [3.05, 3.63) is 58.5 Å². The Morgan fingerprint density at radius 2 is 2.13 bits per heavy atom. The molecule has 23 heavy (non-hydrogen) atoms. The van der Waals surface area contributed by atoms with Gasteiger partial charge in [0.1, 0.15) is 22.7 Å². The van der Waals surface area contributed by atoms with E-state index in [4.69, 9.17) is 4.74 Å². The predicted molar refractivity (Wildman–Crippen MR) is 85.0 cm³/mol. The van der Waals surface area contributed by atoms with Crippen molar-refractivity contribution in [3.63, 3.8) is 0 Å². The van der Waals surface area contributed by atoms with Crippen LogP contribution in [0.3, 0.4) is 0 Å². The van der Waals surface area contributed by atoms with Gasteiger partial charge in [0.25, 0.3) is 11.5 Å². The van der Waals surface area contributed by atoms with E-state index in [9.17, 15) is 14.7 Å². The number of amides is 1. The molecule has 7 nitrogen and oxygen atoms in total. The van der Waals surface area contributed by atoms with Crippen LogP contribution in [-0.4, -0.2) is 28.1 Å². The van der Waals surface area contributed by atoms with Crippen LogP contribution in [0.15, 0.2) is 47.4 Å². The number of hydrogen-bond donors (Lipinski definition) is 3. The van der Waals surface area contributed by atoms with Crippen molar-refractivity contribution < 1.29 is 14.6 Å². The van der Waals surface area contributed by atoms with E-state index in [1.54, 1.807) is 36.4 Å². The molecule has 0 saturated heterocycles. The zero-order valence-corrected chi connectivity index (χ0v) is 12.2. The van der Waals surface area contributed by atoms with Crippen molar-refractivity contribution in [2.75, 3.05) is 12.4 Å². The number of nitrogens with zero attached hydrogens (tertiary/aromatic N) is 1. The van der Waals surface area contributed by atoms with Crippen LogP contribution < -0.4 is 15.6 Å². The van der Waals surface area contributed by atoms with E-state index in [0.717, 1.165) is 0 Å². The van der Waals surface area contributed by atoms with Crippen LogP contribution in [0.1, 0.15) is 10.4 Å². The Kier molecular flexibility index (Phi) is 3.68. The predicted octanol–water partition coefficient (Wildman–Crippen LogP) is 1.89. The number of aromatic nitrogens is 2. The number of hydrogen-bond acceptors (Lipinski definition) is 5. The van der Waals surface area contributed by atoms with Crippen LogP contribution in [0.25, 0.3) is 11.0 Å². The van der Waals surface area contributed by atoms with E-state index in [0.29, 0.717) is 16.8 Å². The van der Waals surface area contributed by atoms with E-state index in [2.05, 4.69) is 15.3 Å². The first kappa shape index (κ1) is 14.6. The maximum atomic E-state index is 12.3. The monoisotopic (exact) mass is 311 g/mol. The number of aromatic amines is 1. The lowest BCUT2D eigenvalue weighted by atomic mass is 10.1. The lowest BCUT2D eigenvalue weighted by molar-refractivity contribution is 0.102. The number of nitrogens with one attached hydrogen (secondary N) is 2. The average molecular weight is 311 g/mol. The molecule has 1 amide bonds. The zero-order valence-electron chi connectivity index (χ0n) is 12.2. The molecule has 3 aromatic rings. The minimum Gasteiger partial charge on any atom is -0.506 e. The Balaban J connectivity index is 2.02. The summed E-state index contributed by atoms with van der Waals surface area (Å²) in [5, 5.41) is 13.1. The number of anilines is 1. The van der Waals surface area contributed by atoms with Crippen molar-refractivity contribution in [1.29, 1.82) is 0 Å². The van der Waals surface area contributed by atoms with Gasteiger partial charge in [0, 0.05) is 18.0 Å². The normalized spacial score (nSPS) is 10.5. The smallest absolute Gasteiger partial charge is 0.266 e. The molecule has 0 saturated carbocycles. The van der Waals surface area contributed by atoms with Gasteiger partial charge in [-0.15, -0.1) is 0 Å². The maximum absolute atomic E-state index is 12.3. The van der Waals surface area contributed by atoms with E-state index in [1.807, 2.05) is 0 Å². The van der Waals surface area contributed by atoms with Crippen LogP contribution >= 0.6 is 0 Å². The Hall–Kier alpha value is -3.35. The molecule has 0 aliphatic rings. The number of aromatic hydroxyl groups is 1. The number of pyridine rings is 2. The van der Waals surface area contributed by atoms with Crippen molar-refractivity contribution >= 4 is 22.6 Å². The highest BCUT2D eigenvalue weighted by Crippen LogP contribution is 2.24. The molecular weight excluding hydrogens is 298 g/mol. The molecule has 2 heterocycles. The summed E-state index contributed by atoms with van der Waals surface area (Å²) in [5.74, 6) is -0.566. The Morgan fingerprint density at radius 3 is 2.91 bits per heavy atom. The molecule has 0 aliphatic carbocycles. The van der Waals surface area contributed by atoms with Crippen LogP contribution in [0.2, 0.25) is 0 Å². The van der Waals surface area contributed by atoms with Gasteiger partial charge < -0.3 is 20.1 Å². The Morgan fingerprint density at radius 1 is 1.30 bits per heavy atom. The number of carbonyl (C=O) groups is 1. The highest BCUT2D eigenvalue weighted by atomic mass is 16.5. The summed E-state index contributed by atoms with van der Waals surface area (Å²) in [7, 11) is 1.51. The molecule has 1 aromatic carbocycles. The SMILES string of the molecule is COc1cccc(NC(=O)c2c(O)c3cccnc3[nH]c2=O)c1. The summed E-state index contributed by atoms with van der Waals surface area (Å²) in [6.07, 6.45) is 1.48. The molecule has 0 bridgehead atoms. The standard InChI is InChI=1S/C16H13N3O4/c1-23-10-5-2-4-9(8-10)18-15(21)12-13(20)11-6-3-7-17-14(11)19-16(12)22/h2-8H,1H3,(H,18,21)(H2,17,19,20,22). The van der Waals surface area contributed by atoms with Crippen LogP contribution in [0, 0.1) is 0 Å². The molecule has 0 radical (unpaired) electrons. The molecule has 2 aromatic heterocycles. The summed E-state index contributed by atoms with van der Waals surface area (Å²) in [6, 6.07) is 9.84. The molecule has 3 rings (SSSR count). The van der Waals surface area contributed by atoms with Crippen molar-refractivity contribution in [3.8, 4) is 11.5 Å². The summed E-state index contributed by atoms with van der Waals surface area (Å²) in [6.45, 7) is 0. The van der Waals surface area contributed by atoms with Gasteiger partial charge in [-0.05, 0) is 24.3 Å². The Bertz CT molecular complexity index is 949. The topological polar surface area (TPSA) is 104 Å². The van der Waals surface area contributed by atoms with Gasteiger partial charge in [0.2, 0.25) is 0 Å². The quantitative estimate of drug-likeness (QED) is 0.685. The summed E-state index contributed by atoms with van der Waals surface area (Å²) in [5.41, 5.74) is -0.422. The van der Waals surface area contributed by atoms with Gasteiger partial charge in [-0.3, -0.25) is 9.59 Å². The largest absolute Gasteiger partial charge is 0.506 e. The molecular formula is C16H13N3O4. The molecule has 0 aliphatic heterocycles. The van der Waals surface area contributed by atoms with E-state index < -0.39 is 17.2 Å². The van der Waals surface area contributed by atoms with Crippen molar-refractivity contribution in [2.45, 2.75) is 0 Å². The zero-order chi connectivity index (χ0) is 16.4. The van der Waals surface area contributed by atoms with Gasteiger partial charge in [-0.1, -0.05) is 6.07 Å². The second-order valence-electron chi connectivity index (χ2n) is 4.76. The molecule has 7 heteroatoms. The number of rotatable bonds is 3. The second kappa shape index (κ2) is 5.80. The van der Waals surface area contributed by atoms with Crippen LogP contribution in [0.5, 0.6) is 11.5 Å². The van der Waals surface area contributed by atoms with E-state index in [-0.39, 0.29) is 11.2 Å². The lowest BCUT2D eigenvalue weighted by Crippen LogP contribution is -2.23. The third-order valence-electron chi connectivity index (χ3n) is 3.31. The van der Waals surface area contributed by atoms with Crippen molar-refractivity contribution in [2.24, 2.45) is 0 Å². The van der Waals surface area contributed by atoms with Gasteiger partial charge in [-0.25, -0.2) is 4.98 Å². The van der Waals surface area contributed by atoms with Gasteiger partial charge >= 0.3 is 0 Å². The first-order valence-electron chi connectivity index (χ1n) is 6.75. The van der Waals surface area contributed by atoms with Crippen LogP contribution in [-0.2, 0) is 0 Å². The molecule has 0 unspecified atom stereocenters. The highest BCUT2D eigenvalue weighted by molar-refractivity contribution is 6.08. The van der Waals surface area contributed by atoms with Crippen LogP contribution in [0.4, 0.5) is 5.69 Å². The van der Waals surface area contributed by atoms with Crippen molar-refractivity contribution in [1.82, 2.24) is 9.97 Å². The minimum absolute atomic E-state index is 0.216. The number of carbonyl (C=O) groups excluding carboxylic acids is 1. The van der Waals surface area contributed by atoms with Gasteiger partial charge in [0.05, 0.1) is 12.5 Å². The van der Waals surface area contributed by atoms with Gasteiger partial charge in [-0.2, -0.15) is 0 Å². The fourth-order valence-electron chi connectivity index (χ4n) is 2.21. The molecule has 0 fully saturated rings. The Labute approximate surface area is 130 Å². The highest BCUT2D eigenvalue weighted by Gasteiger charge is 2.19. The number of methoxy groups -OCH3 is 1. The second-order valence-corrected chi connectivity index (χ2v) is 4.76. The van der Waals surface area contributed by atoms with E-state index >= 15 is 0 Å². The summed E-state index contributed by atoms with van der Waals surface area (Å²) < 4.78 is 5.07. The molecule has 3 N–H and O–H groups in total. The third-order valence-corrected chi connectivity index (χ3v) is 3.31. The maximum Gasteiger partial charge on any atom is 0.266 e.